The van der Waals surface area contributed by atoms with Crippen LogP contribution >= 0.6 is 35.6 Å². The van der Waals surface area contributed by atoms with Crippen LogP contribution in [-0.2, 0) is 17.9 Å². The van der Waals surface area contributed by atoms with Crippen molar-refractivity contribution in [3.8, 4) is 5.75 Å². The van der Waals surface area contributed by atoms with Crippen LogP contribution in [0.1, 0.15) is 11.1 Å². The standard InChI is InChI=1S/C19H23ClN4O2.HI/c1-22-19(24(2)12-15-7-3-4-9-17(15)20)23-11-14-6-5-8-16(10-14)26-13-18(21)25;/h3-10H,11-13H2,1-2H3,(H2,21,25)(H,22,23);1H. The lowest BCUT2D eigenvalue weighted by Gasteiger charge is -2.22. The molecule has 2 aromatic rings. The number of benzene rings is 2. The number of ether oxygens (including phenoxy) is 1. The van der Waals surface area contributed by atoms with Gasteiger partial charge in [0.25, 0.3) is 5.91 Å². The molecule has 3 N–H and O–H groups in total. The van der Waals surface area contributed by atoms with E-state index in [1.807, 2.05) is 54.4 Å². The van der Waals surface area contributed by atoms with Gasteiger partial charge in [0.15, 0.2) is 12.6 Å². The molecule has 8 heteroatoms. The predicted octanol–water partition coefficient (Wildman–Crippen LogP) is 3.03. The molecular formula is C19H24ClIN4O2. The summed E-state index contributed by atoms with van der Waals surface area (Å²) < 4.78 is 5.32. The quantitative estimate of drug-likeness (QED) is 0.347. The highest BCUT2D eigenvalue weighted by molar-refractivity contribution is 14.0. The number of nitrogens with zero attached hydrogens (tertiary/aromatic N) is 2. The second kappa shape index (κ2) is 11.7. The van der Waals surface area contributed by atoms with Gasteiger partial charge in [0.05, 0.1) is 0 Å². The van der Waals surface area contributed by atoms with Crippen molar-refractivity contribution in [1.82, 2.24) is 10.2 Å². The van der Waals surface area contributed by atoms with Gasteiger partial charge in [0.2, 0.25) is 0 Å². The topological polar surface area (TPSA) is 80.0 Å². The van der Waals surface area contributed by atoms with E-state index in [9.17, 15) is 4.79 Å². The van der Waals surface area contributed by atoms with Crippen LogP contribution in [-0.4, -0.2) is 37.5 Å². The average Bonchev–Trinajstić information content (AvgIpc) is 2.63. The summed E-state index contributed by atoms with van der Waals surface area (Å²) in [5.74, 6) is 0.839. The number of carbonyl (C=O) groups is 1. The number of guanidine groups is 1. The molecule has 0 saturated carbocycles. The Kier molecular flexibility index (Phi) is 9.95. The van der Waals surface area contributed by atoms with E-state index in [1.54, 1.807) is 13.1 Å². The first-order valence-electron chi connectivity index (χ1n) is 8.15. The second-order valence-corrected chi connectivity index (χ2v) is 6.16. The van der Waals surface area contributed by atoms with Crippen molar-refractivity contribution in [3.63, 3.8) is 0 Å². The van der Waals surface area contributed by atoms with Crippen LogP contribution in [0.3, 0.4) is 0 Å². The summed E-state index contributed by atoms with van der Waals surface area (Å²) in [6.45, 7) is 1.06. The molecule has 0 unspecified atom stereocenters. The third-order valence-electron chi connectivity index (χ3n) is 3.67. The van der Waals surface area contributed by atoms with Crippen molar-refractivity contribution in [3.05, 3.63) is 64.7 Å². The molecule has 2 rings (SSSR count). The lowest BCUT2D eigenvalue weighted by molar-refractivity contribution is -0.119. The number of nitrogens with two attached hydrogens (primary N) is 1. The predicted molar refractivity (Wildman–Crippen MR) is 120 cm³/mol. The molecule has 0 atom stereocenters. The molecule has 0 fully saturated rings. The lowest BCUT2D eigenvalue weighted by atomic mass is 10.2. The van der Waals surface area contributed by atoms with E-state index in [2.05, 4.69) is 10.3 Å². The van der Waals surface area contributed by atoms with Gasteiger partial charge < -0.3 is 20.7 Å². The fourth-order valence-corrected chi connectivity index (χ4v) is 2.62. The zero-order valence-electron chi connectivity index (χ0n) is 15.3. The molecule has 0 saturated heterocycles. The number of primary amides is 1. The first-order chi connectivity index (χ1) is 12.5. The highest BCUT2D eigenvalue weighted by Crippen LogP contribution is 2.17. The summed E-state index contributed by atoms with van der Waals surface area (Å²) in [7, 11) is 3.68. The van der Waals surface area contributed by atoms with E-state index in [4.69, 9.17) is 22.1 Å². The number of hydrogen-bond donors (Lipinski definition) is 2. The number of halogens is 2. The largest absolute Gasteiger partial charge is 0.484 e. The Bertz CT molecular complexity index is 786. The molecule has 2 aromatic carbocycles. The van der Waals surface area contributed by atoms with E-state index in [-0.39, 0.29) is 30.6 Å². The first kappa shape index (κ1) is 23.0. The van der Waals surface area contributed by atoms with Crippen LogP contribution in [0.25, 0.3) is 0 Å². The van der Waals surface area contributed by atoms with Gasteiger partial charge in [-0.3, -0.25) is 9.79 Å². The van der Waals surface area contributed by atoms with Crippen molar-refractivity contribution in [1.29, 1.82) is 0 Å². The molecule has 0 aromatic heterocycles. The van der Waals surface area contributed by atoms with E-state index >= 15 is 0 Å². The Balaban J connectivity index is 0.00000364. The Morgan fingerprint density at radius 2 is 2.00 bits per heavy atom. The summed E-state index contributed by atoms with van der Waals surface area (Å²) in [5.41, 5.74) is 7.12. The SMILES string of the molecule is CN=C(NCc1cccc(OCC(N)=O)c1)N(C)Cc1ccccc1Cl.I. The van der Waals surface area contributed by atoms with Crippen molar-refractivity contribution in [2.75, 3.05) is 20.7 Å². The van der Waals surface area contributed by atoms with Crippen LogP contribution in [0.4, 0.5) is 0 Å². The fraction of sp³-hybridized carbons (Fsp3) is 0.263. The Morgan fingerprint density at radius 1 is 1.26 bits per heavy atom. The molecule has 0 aliphatic rings. The average molecular weight is 503 g/mol. The molecule has 0 aliphatic heterocycles. The molecule has 1 amide bonds. The molecule has 27 heavy (non-hydrogen) atoms. The number of nitrogens with one attached hydrogen (secondary N) is 1. The molecule has 0 radical (unpaired) electrons. The van der Waals surface area contributed by atoms with E-state index in [1.165, 1.54) is 0 Å². The number of carbonyl (C=O) groups excluding carboxylic acids is 1. The van der Waals surface area contributed by atoms with Gasteiger partial charge in [-0.15, -0.1) is 24.0 Å². The minimum absolute atomic E-state index is 0. The van der Waals surface area contributed by atoms with E-state index in [0.29, 0.717) is 18.8 Å². The second-order valence-electron chi connectivity index (χ2n) is 5.75. The van der Waals surface area contributed by atoms with Gasteiger partial charge in [-0.25, -0.2) is 0 Å². The summed E-state index contributed by atoms with van der Waals surface area (Å²) in [6.07, 6.45) is 0. The van der Waals surface area contributed by atoms with Crippen LogP contribution in [0.15, 0.2) is 53.5 Å². The third-order valence-corrected chi connectivity index (χ3v) is 4.04. The monoisotopic (exact) mass is 502 g/mol. The van der Waals surface area contributed by atoms with Gasteiger partial charge >= 0.3 is 0 Å². The number of amides is 1. The molecule has 0 aliphatic carbocycles. The highest BCUT2D eigenvalue weighted by Gasteiger charge is 2.09. The van der Waals surface area contributed by atoms with Crippen molar-refractivity contribution >= 4 is 47.4 Å². The Hall–Kier alpha value is -2.00. The number of rotatable bonds is 7. The van der Waals surface area contributed by atoms with Crippen LogP contribution < -0.4 is 15.8 Å². The number of aliphatic imine (C=N–C) groups is 1. The molecule has 0 bridgehead atoms. The van der Waals surface area contributed by atoms with Crippen molar-refractivity contribution in [2.24, 2.45) is 10.7 Å². The minimum Gasteiger partial charge on any atom is -0.484 e. The molecule has 6 nitrogen and oxygen atoms in total. The van der Waals surface area contributed by atoms with E-state index in [0.717, 1.165) is 22.1 Å². The molecular weight excluding hydrogens is 479 g/mol. The first-order valence-corrected chi connectivity index (χ1v) is 8.52. The molecule has 0 heterocycles. The summed E-state index contributed by atoms with van der Waals surface area (Å²) in [6, 6.07) is 15.2. The van der Waals surface area contributed by atoms with Gasteiger partial charge in [0, 0.05) is 32.2 Å². The van der Waals surface area contributed by atoms with Gasteiger partial charge in [-0.2, -0.15) is 0 Å². The lowest BCUT2D eigenvalue weighted by Crippen LogP contribution is -2.38. The smallest absolute Gasteiger partial charge is 0.255 e. The van der Waals surface area contributed by atoms with Gasteiger partial charge in [-0.05, 0) is 29.3 Å². The Labute approximate surface area is 181 Å². The third kappa shape index (κ3) is 7.64. The minimum atomic E-state index is -0.505. The summed E-state index contributed by atoms with van der Waals surface area (Å²) >= 11 is 6.22. The molecule has 146 valence electrons. The summed E-state index contributed by atoms with van der Waals surface area (Å²) in [4.78, 5) is 17.1. The van der Waals surface area contributed by atoms with Crippen molar-refractivity contribution < 1.29 is 9.53 Å². The van der Waals surface area contributed by atoms with Gasteiger partial charge in [0.1, 0.15) is 5.75 Å². The zero-order chi connectivity index (χ0) is 18.9. The van der Waals surface area contributed by atoms with Crippen LogP contribution in [0, 0.1) is 0 Å². The Morgan fingerprint density at radius 3 is 2.67 bits per heavy atom. The van der Waals surface area contributed by atoms with E-state index < -0.39 is 5.91 Å². The van der Waals surface area contributed by atoms with Crippen LogP contribution in [0.5, 0.6) is 5.75 Å². The maximum Gasteiger partial charge on any atom is 0.255 e. The van der Waals surface area contributed by atoms with Gasteiger partial charge in [-0.1, -0.05) is 41.9 Å². The fourth-order valence-electron chi connectivity index (χ4n) is 2.42. The maximum atomic E-state index is 10.8. The van der Waals surface area contributed by atoms with Crippen molar-refractivity contribution in [2.45, 2.75) is 13.1 Å². The summed E-state index contributed by atoms with van der Waals surface area (Å²) in [5, 5.41) is 4.03. The highest BCUT2D eigenvalue weighted by atomic mass is 127. The zero-order valence-corrected chi connectivity index (χ0v) is 18.4. The maximum absolute atomic E-state index is 10.8. The van der Waals surface area contributed by atoms with Crippen LogP contribution in [0.2, 0.25) is 5.02 Å². The number of hydrogen-bond acceptors (Lipinski definition) is 3. The normalized spacial score (nSPS) is 10.7. The molecule has 0 spiro atoms.